The maximum Gasteiger partial charge on any atom is 0.264 e. The highest BCUT2D eigenvalue weighted by Crippen LogP contribution is 2.17. The fourth-order valence-corrected chi connectivity index (χ4v) is 3.45. The molecular formula is C20H25N3O6S. The lowest BCUT2D eigenvalue weighted by Gasteiger charge is -2.14. The summed E-state index contributed by atoms with van der Waals surface area (Å²) >= 11 is 0. The van der Waals surface area contributed by atoms with E-state index in [2.05, 4.69) is 10.6 Å². The number of hydrogen-bond acceptors (Lipinski definition) is 6. The normalized spacial score (nSPS) is 11.2. The fraction of sp³-hybridized carbons (Fsp3) is 0.300. The number of sulfonamides is 1. The number of amides is 2. The van der Waals surface area contributed by atoms with Gasteiger partial charge in [-0.05, 0) is 55.0 Å². The summed E-state index contributed by atoms with van der Waals surface area (Å²) in [6.45, 7) is 0.346. The monoisotopic (exact) mass is 435 g/mol. The van der Waals surface area contributed by atoms with Crippen LogP contribution in [-0.2, 0) is 19.7 Å². The first-order chi connectivity index (χ1) is 14.3. The summed E-state index contributed by atoms with van der Waals surface area (Å²) in [6.07, 6.45) is 0.661. The molecule has 0 radical (unpaired) electrons. The molecule has 2 aromatic carbocycles. The van der Waals surface area contributed by atoms with E-state index < -0.39 is 10.0 Å². The van der Waals surface area contributed by atoms with Crippen molar-refractivity contribution in [1.82, 2.24) is 9.79 Å². The Bertz CT molecular complexity index is 959. The van der Waals surface area contributed by atoms with Crippen LogP contribution in [0.2, 0.25) is 0 Å². The van der Waals surface area contributed by atoms with Crippen molar-refractivity contribution >= 4 is 27.5 Å². The average molecular weight is 436 g/mol. The molecule has 162 valence electrons. The number of ether oxygens (including phenoxy) is 1. The SMILES string of the molecule is COc1ccc(C(=O)NCCCC(=O)Nc2ccc(S(=O)(=O)N(C)OC)cc2)cc1. The number of nitrogens with one attached hydrogen (secondary N) is 2. The number of hydrogen-bond donors (Lipinski definition) is 2. The van der Waals surface area contributed by atoms with Crippen molar-refractivity contribution in [2.24, 2.45) is 0 Å². The number of nitrogens with zero attached hydrogens (tertiary/aromatic N) is 1. The maximum absolute atomic E-state index is 12.1. The molecule has 0 spiro atoms. The summed E-state index contributed by atoms with van der Waals surface area (Å²) in [5.74, 6) is 0.203. The van der Waals surface area contributed by atoms with Gasteiger partial charge in [-0.15, -0.1) is 0 Å². The van der Waals surface area contributed by atoms with Crippen molar-refractivity contribution in [3.05, 3.63) is 54.1 Å². The zero-order valence-electron chi connectivity index (χ0n) is 17.0. The molecule has 0 saturated heterocycles. The Morgan fingerprint density at radius 1 is 1.00 bits per heavy atom. The molecule has 0 bridgehead atoms. The number of carbonyl (C=O) groups excluding carboxylic acids is 2. The van der Waals surface area contributed by atoms with Crippen LogP contribution in [0.15, 0.2) is 53.4 Å². The molecule has 0 aliphatic carbocycles. The van der Waals surface area contributed by atoms with Gasteiger partial charge in [0, 0.05) is 31.3 Å². The van der Waals surface area contributed by atoms with Crippen molar-refractivity contribution in [3.8, 4) is 5.75 Å². The van der Waals surface area contributed by atoms with Crippen LogP contribution in [0.3, 0.4) is 0 Å². The number of benzene rings is 2. The zero-order chi connectivity index (χ0) is 22.1. The maximum atomic E-state index is 12.1. The summed E-state index contributed by atoms with van der Waals surface area (Å²) in [7, 11) is 0.362. The van der Waals surface area contributed by atoms with E-state index in [0.29, 0.717) is 30.0 Å². The largest absolute Gasteiger partial charge is 0.497 e. The third kappa shape index (κ3) is 6.28. The van der Waals surface area contributed by atoms with E-state index in [1.54, 1.807) is 31.4 Å². The van der Waals surface area contributed by atoms with E-state index in [4.69, 9.17) is 9.57 Å². The molecule has 0 fully saturated rings. The molecule has 0 aliphatic rings. The van der Waals surface area contributed by atoms with Gasteiger partial charge in [-0.2, -0.15) is 0 Å². The molecule has 10 heteroatoms. The van der Waals surface area contributed by atoms with Crippen LogP contribution in [-0.4, -0.2) is 52.5 Å². The predicted octanol–water partition coefficient (Wildman–Crippen LogP) is 2.03. The summed E-state index contributed by atoms with van der Waals surface area (Å²) in [5, 5.41) is 5.44. The summed E-state index contributed by atoms with van der Waals surface area (Å²) in [6, 6.07) is 12.5. The topological polar surface area (TPSA) is 114 Å². The molecule has 0 unspecified atom stereocenters. The van der Waals surface area contributed by atoms with Crippen LogP contribution < -0.4 is 15.4 Å². The van der Waals surface area contributed by atoms with Gasteiger partial charge in [0.2, 0.25) is 5.91 Å². The minimum atomic E-state index is -3.74. The molecule has 2 aromatic rings. The molecule has 0 aromatic heterocycles. The van der Waals surface area contributed by atoms with Gasteiger partial charge in [0.1, 0.15) is 5.75 Å². The highest BCUT2D eigenvalue weighted by molar-refractivity contribution is 7.89. The Morgan fingerprint density at radius 3 is 2.20 bits per heavy atom. The van der Waals surface area contributed by atoms with Gasteiger partial charge >= 0.3 is 0 Å². The molecule has 9 nitrogen and oxygen atoms in total. The third-order valence-electron chi connectivity index (χ3n) is 4.25. The molecule has 0 aliphatic heterocycles. The van der Waals surface area contributed by atoms with Crippen LogP contribution in [0.1, 0.15) is 23.2 Å². The van der Waals surface area contributed by atoms with Crippen molar-refractivity contribution in [3.63, 3.8) is 0 Å². The number of carbonyl (C=O) groups is 2. The van der Waals surface area contributed by atoms with Crippen molar-refractivity contribution in [2.45, 2.75) is 17.7 Å². The van der Waals surface area contributed by atoms with E-state index in [9.17, 15) is 18.0 Å². The van der Waals surface area contributed by atoms with Crippen LogP contribution >= 0.6 is 0 Å². The van der Waals surface area contributed by atoms with E-state index in [1.807, 2.05) is 0 Å². The van der Waals surface area contributed by atoms with E-state index in [-0.39, 0.29) is 23.1 Å². The molecular weight excluding hydrogens is 410 g/mol. The summed E-state index contributed by atoms with van der Waals surface area (Å²) in [5.41, 5.74) is 0.982. The molecule has 0 saturated carbocycles. The van der Waals surface area contributed by atoms with Crippen LogP contribution in [0, 0.1) is 0 Å². The van der Waals surface area contributed by atoms with Crippen molar-refractivity contribution in [2.75, 3.05) is 33.1 Å². The lowest BCUT2D eigenvalue weighted by Crippen LogP contribution is -2.26. The average Bonchev–Trinajstić information content (AvgIpc) is 2.76. The molecule has 2 rings (SSSR count). The first kappa shape index (κ1) is 23.3. The van der Waals surface area contributed by atoms with Crippen LogP contribution in [0.4, 0.5) is 5.69 Å². The van der Waals surface area contributed by atoms with Gasteiger partial charge in [0.05, 0.1) is 19.1 Å². The highest BCUT2D eigenvalue weighted by Gasteiger charge is 2.20. The minimum Gasteiger partial charge on any atom is -0.497 e. The molecule has 0 atom stereocenters. The molecule has 30 heavy (non-hydrogen) atoms. The standard InChI is InChI=1S/C20H25N3O6S/c1-23(29-3)30(26,27)18-12-8-16(9-13-18)22-19(24)5-4-14-21-20(25)15-6-10-17(28-2)11-7-15/h6-13H,4-5,14H2,1-3H3,(H,21,25)(H,22,24). The third-order valence-corrected chi connectivity index (χ3v) is 5.94. The lowest BCUT2D eigenvalue weighted by molar-refractivity contribution is -0.116. The van der Waals surface area contributed by atoms with Gasteiger partial charge in [-0.3, -0.25) is 14.4 Å². The van der Waals surface area contributed by atoms with E-state index in [0.717, 1.165) is 4.47 Å². The molecule has 2 amide bonds. The first-order valence-electron chi connectivity index (χ1n) is 9.13. The van der Waals surface area contributed by atoms with Gasteiger partial charge in [-0.25, -0.2) is 8.42 Å². The van der Waals surface area contributed by atoms with Crippen molar-refractivity contribution in [1.29, 1.82) is 0 Å². The van der Waals surface area contributed by atoms with E-state index >= 15 is 0 Å². The number of rotatable bonds is 10. The molecule has 2 N–H and O–H groups in total. The summed E-state index contributed by atoms with van der Waals surface area (Å²) in [4.78, 5) is 28.9. The minimum absolute atomic E-state index is 0.0473. The summed E-state index contributed by atoms with van der Waals surface area (Å²) < 4.78 is 30.1. The van der Waals surface area contributed by atoms with Gasteiger partial charge < -0.3 is 15.4 Å². The quantitative estimate of drug-likeness (QED) is 0.436. The van der Waals surface area contributed by atoms with E-state index in [1.165, 1.54) is 38.4 Å². The smallest absolute Gasteiger partial charge is 0.264 e. The van der Waals surface area contributed by atoms with Crippen LogP contribution in [0.25, 0.3) is 0 Å². The Hall–Kier alpha value is -2.95. The Kier molecular flexibility index (Phi) is 8.34. The second kappa shape index (κ2) is 10.7. The Labute approximate surface area is 176 Å². The number of methoxy groups -OCH3 is 1. The van der Waals surface area contributed by atoms with Crippen LogP contribution in [0.5, 0.6) is 5.75 Å². The second-order valence-corrected chi connectivity index (χ2v) is 8.19. The van der Waals surface area contributed by atoms with Crippen molar-refractivity contribution < 1.29 is 27.6 Å². The zero-order valence-corrected chi connectivity index (χ0v) is 17.9. The van der Waals surface area contributed by atoms with Gasteiger partial charge in [-0.1, -0.05) is 4.47 Å². The Balaban J connectivity index is 1.77. The Morgan fingerprint density at radius 2 is 1.63 bits per heavy atom. The highest BCUT2D eigenvalue weighted by atomic mass is 32.2. The predicted molar refractivity (Wildman–Crippen MR) is 112 cm³/mol. The fourth-order valence-electron chi connectivity index (χ4n) is 2.48. The lowest BCUT2D eigenvalue weighted by atomic mass is 10.2. The second-order valence-electron chi connectivity index (χ2n) is 6.26. The van der Waals surface area contributed by atoms with Gasteiger partial charge in [0.15, 0.2) is 0 Å². The number of anilines is 1. The first-order valence-corrected chi connectivity index (χ1v) is 10.6. The molecule has 0 heterocycles. The number of hydroxylamine groups is 1. The van der Waals surface area contributed by atoms with Gasteiger partial charge in [0.25, 0.3) is 15.9 Å².